The molecule has 20 heavy (non-hydrogen) atoms. The number of carbonyl (C=O) groups is 1. The summed E-state index contributed by atoms with van der Waals surface area (Å²) in [5.41, 5.74) is -0.435. The number of hydrogen-bond acceptors (Lipinski definition) is 5. The van der Waals surface area contributed by atoms with Crippen LogP contribution in [0.15, 0.2) is 18.2 Å². The highest BCUT2D eigenvalue weighted by atomic mass is 35.5. The molecule has 0 spiro atoms. The van der Waals surface area contributed by atoms with Crippen LogP contribution in [-0.2, 0) is 9.84 Å². The molecule has 0 heterocycles. The summed E-state index contributed by atoms with van der Waals surface area (Å²) in [6.07, 6.45) is 0. The molecule has 0 aliphatic heterocycles. The Bertz CT molecular complexity index is 630. The summed E-state index contributed by atoms with van der Waals surface area (Å²) < 4.78 is 22.5. The Morgan fingerprint density at radius 2 is 2.10 bits per heavy atom. The highest BCUT2D eigenvalue weighted by molar-refractivity contribution is 7.91. The van der Waals surface area contributed by atoms with E-state index in [0.29, 0.717) is 0 Å². The number of rotatable bonds is 6. The van der Waals surface area contributed by atoms with E-state index in [1.807, 2.05) is 0 Å². The summed E-state index contributed by atoms with van der Waals surface area (Å²) in [6.45, 7) is 1.43. The molecule has 1 rings (SSSR count). The molecule has 1 aromatic carbocycles. The summed E-state index contributed by atoms with van der Waals surface area (Å²) in [5, 5.41) is 12.8. The molecule has 1 N–H and O–H groups in total. The van der Waals surface area contributed by atoms with E-state index >= 15 is 0 Å². The third-order valence-electron chi connectivity index (χ3n) is 2.56. The molecule has 0 unspecified atom stereocenters. The molecule has 1 aromatic rings. The van der Waals surface area contributed by atoms with Gasteiger partial charge in [-0.25, -0.2) is 8.42 Å². The molecule has 0 fully saturated rings. The zero-order valence-electron chi connectivity index (χ0n) is 10.6. The maximum atomic E-state index is 11.8. The summed E-state index contributed by atoms with van der Waals surface area (Å²) in [4.78, 5) is 21.8. The fourth-order valence-electron chi connectivity index (χ4n) is 1.40. The lowest BCUT2D eigenvalue weighted by molar-refractivity contribution is -0.384. The number of nitro groups is 1. The van der Waals surface area contributed by atoms with Crippen LogP contribution in [0.3, 0.4) is 0 Å². The number of halogens is 1. The molecule has 7 nitrogen and oxygen atoms in total. The molecule has 110 valence electrons. The summed E-state index contributed by atoms with van der Waals surface area (Å²) >= 11 is 5.77. The zero-order valence-corrected chi connectivity index (χ0v) is 12.2. The van der Waals surface area contributed by atoms with E-state index in [9.17, 15) is 23.3 Å². The summed E-state index contributed by atoms with van der Waals surface area (Å²) in [6, 6.07) is 3.85. The quantitative estimate of drug-likeness (QED) is 0.630. The topological polar surface area (TPSA) is 106 Å². The van der Waals surface area contributed by atoms with Gasteiger partial charge < -0.3 is 5.32 Å². The van der Waals surface area contributed by atoms with Gasteiger partial charge in [-0.1, -0.05) is 24.6 Å². The first-order valence-corrected chi connectivity index (χ1v) is 7.90. The van der Waals surface area contributed by atoms with Crippen LogP contribution in [0.2, 0.25) is 5.02 Å². The molecule has 0 saturated carbocycles. The number of nitro benzene ring substituents is 1. The van der Waals surface area contributed by atoms with Crippen molar-refractivity contribution in [2.45, 2.75) is 6.92 Å². The van der Waals surface area contributed by atoms with E-state index in [0.717, 1.165) is 0 Å². The number of nitrogens with one attached hydrogen (secondary N) is 1. The minimum atomic E-state index is -3.19. The second-order valence-electron chi connectivity index (χ2n) is 3.89. The van der Waals surface area contributed by atoms with E-state index in [1.54, 1.807) is 0 Å². The lowest BCUT2D eigenvalue weighted by Gasteiger charge is -2.07. The molecular weight excluding hydrogens is 308 g/mol. The van der Waals surface area contributed by atoms with Crippen LogP contribution in [0.5, 0.6) is 0 Å². The van der Waals surface area contributed by atoms with Gasteiger partial charge in [0.2, 0.25) is 0 Å². The number of hydrogen-bond donors (Lipinski definition) is 1. The van der Waals surface area contributed by atoms with E-state index in [4.69, 9.17) is 11.6 Å². The summed E-state index contributed by atoms with van der Waals surface area (Å²) in [5.74, 6) is -0.854. The van der Waals surface area contributed by atoms with Gasteiger partial charge >= 0.3 is 0 Å². The monoisotopic (exact) mass is 320 g/mol. The van der Waals surface area contributed by atoms with Crippen molar-refractivity contribution in [2.75, 3.05) is 18.1 Å². The largest absolute Gasteiger partial charge is 0.351 e. The van der Waals surface area contributed by atoms with Gasteiger partial charge in [0.05, 0.1) is 16.2 Å². The van der Waals surface area contributed by atoms with Crippen molar-refractivity contribution in [1.29, 1.82) is 0 Å². The van der Waals surface area contributed by atoms with Crippen LogP contribution in [0, 0.1) is 10.1 Å². The Hall–Kier alpha value is -1.67. The first-order chi connectivity index (χ1) is 9.28. The van der Waals surface area contributed by atoms with Crippen molar-refractivity contribution in [3.63, 3.8) is 0 Å². The van der Waals surface area contributed by atoms with Gasteiger partial charge in [-0.15, -0.1) is 0 Å². The molecule has 0 aliphatic carbocycles. The van der Waals surface area contributed by atoms with Crippen molar-refractivity contribution in [1.82, 2.24) is 5.32 Å². The highest BCUT2D eigenvalue weighted by Crippen LogP contribution is 2.27. The van der Waals surface area contributed by atoms with Crippen LogP contribution in [0.25, 0.3) is 0 Å². The average molecular weight is 321 g/mol. The fourth-order valence-corrected chi connectivity index (χ4v) is 2.38. The maximum Gasteiger partial charge on any atom is 0.288 e. The van der Waals surface area contributed by atoms with Gasteiger partial charge in [0.15, 0.2) is 9.84 Å². The van der Waals surface area contributed by atoms with Crippen LogP contribution in [0.4, 0.5) is 5.69 Å². The number of sulfone groups is 1. The molecule has 1 amide bonds. The van der Waals surface area contributed by atoms with Crippen LogP contribution in [-0.4, -0.2) is 37.3 Å². The maximum absolute atomic E-state index is 11.8. The number of carbonyl (C=O) groups excluding carboxylic acids is 1. The summed E-state index contributed by atoms with van der Waals surface area (Å²) in [7, 11) is -3.19. The van der Waals surface area contributed by atoms with Crippen LogP contribution >= 0.6 is 11.6 Å². The predicted molar refractivity (Wildman–Crippen MR) is 74.8 cm³/mol. The Kier molecular flexibility index (Phi) is 5.46. The second-order valence-corrected chi connectivity index (χ2v) is 6.74. The van der Waals surface area contributed by atoms with Gasteiger partial charge in [0, 0.05) is 18.4 Å². The Morgan fingerprint density at radius 1 is 1.45 bits per heavy atom. The Labute approximate surface area is 121 Å². The lowest BCUT2D eigenvalue weighted by atomic mass is 10.2. The number of amides is 1. The van der Waals surface area contributed by atoms with Gasteiger partial charge in [-0.05, 0) is 6.07 Å². The van der Waals surface area contributed by atoms with E-state index in [2.05, 4.69) is 5.32 Å². The first-order valence-electron chi connectivity index (χ1n) is 5.70. The standard InChI is InChI=1S/C11H13ClN2O5S/c1-2-20(18,19)7-6-13-11(15)8-4-3-5-9(10(8)12)14(16)17/h3-5H,2,6-7H2,1H3,(H,13,15). The Morgan fingerprint density at radius 3 is 2.65 bits per heavy atom. The molecule has 0 aliphatic rings. The van der Waals surface area contributed by atoms with Crippen molar-refractivity contribution >= 4 is 33.0 Å². The lowest BCUT2D eigenvalue weighted by Crippen LogP contribution is -2.29. The second kappa shape index (κ2) is 6.67. The minimum absolute atomic E-state index is 0.0135. The molecule has 9 heteroatoms. The van der Waals surface area contributed by atoms with E-state index in [-0.39, 0.29) is 34.3 Å². The molecule has 0 atom stereocenters. The minimum Gasteiger partial charge on any atom is -0.351 e. The first kappa shape index (κ1) is 16.4. The Balaban J connectivity index is 2.79. The van der Waals surface area contributed by atoms with Crippen molar-refractivity contribution in [3.05, 3.63) is 38.9 Å². The normalized spacial score (nSPS) is 11.1. The van der Waals surface area contributed by atoms with Crippen molar-refractivity contribution in [3.8, 4) is 0 Å². The van der Waals surface area contributed by atoms with E-state index in [1.165, 1.54) is 25.1 Å². The van der Waals surface area contributed by atoms with Crippen molar-refractivity contribution < 1.29 is 18.1 Å². The van der Waals surface area contributed by atoms with E-state index < -0.39 is 20.7 Å². The molecule has 0 saturated heterocycles. The molecular formula is C11H13ClN2O5S. The van der Waals surface area contributed by atoms with Crippen molar-refractivity contribution in [2.24, 2.45) is 0 Å². The van der Waals surface area contributed by atoms with Crippen LogP contribution < -0.4 is 5.32 Å². The van der Waals surface area contributed by atoms with Crippen LogP contribution in [0.1, 0.15) is 17.3 Å². The number of nitrogens with zero attached hydrogens (tertiary/aromatic N) is 1. The third-order valence-corrected chi connectivity index (χ3v) is 4.66. The fraction of sp³-hybridized carbons (Fsp3) is 0.364. The van der Waals surface area contributed by atoms with Gasteiger partial charge in [-0.3, -0.25) is 14.9 Å². The average Bonchev–Trinajstić information content (AvgIpc) is 2.38. The molecule has 0 bridgehead atoms. The number of benzene rings is 1. The zero-order chi connectivity index (χ0) is 15.3. The third kappa shape index (κ3) is 4.17. The molecule has 0 radical (unpaired) electrons. The van der Waals surface area contributed by atoms with Gasteiger partial charge in [-0.2, -0.15) is 0 Å². The smallest absolute Gasteiger partial charge is 0.288 e. The highest BCUT2D eigenvalue weighted by Gasteiger charge is 2.20. The molecule has 0 aromatic heterocycles. The predicted octanol–water partition coefficient (Wildman–Crippen LogP) is 1.41. The van der Waals surface area contributed by atoms with Gasteiger partial charge in [0.25, 0.3) is 11.6 Å². The SMILES string of the molecule is CCS(=O)(=O)CCNC(=O)c1cccc([N+](=O)[O-])c1Cl. The van der Waals surface area contributed by atoms with Gasteiger partial charge in [0.1, 0.15) is 5.02 Å².